The van der Waals surface area contributed by atoms with E-state index < -0.39 is 11.4 Å². The number of nitrogen functional groups attached to an aromatic ring is 1. The Morgan fingerprint density at radius 3 is 2.44 bits per heavy atom. The van der Waals surface area contributed by atoms with Gasteiger partial charge in [0, 0.05) is 4.47 Å². The number of carboxylic acids is 1. The normalized spacial score (nSPS) is 11.4. The van der Waals surface area contributed by atoms with Gasteiger partial charge in [0.05, 0.1) is 11.1 Å². The van der Waals surface area contributed by atoms with Crippen LogP contribution in [0, 0.1) is 0 Å². The maximum Gasteiger partial charge on any atom is 0.314 e. The fourth-order valence-corrected chi connectivity index (χ4v) is 2.37. The molecule has 0 atom stereocenters. The summed E-state index contributed by atoms with van der Waals surface area (Å²) in [5.41, 5.74) is 6.28. The van der Waals surface area contributed by atoms with E-state index in [2.05, 4.69) is 15.9 Å². The summed E-state index contributed by atoms with van der Waals surface area (Å²) in [4.78, 5) is 11.5. The van der Waals surface area contributed by atoms with Gasteiger partial charge in [0.15, 0.2) is 0 Å². The molecule has 4 heteroatoms. The Hall–Kier alpha value is -1.03. The maximum absolute atomic E-state index is 11.5. The van der Waals surface area contributed by atoms with Crippen LogP contribution in [0.15, 0.2) is 22.7 Å². The van der Waals surface area contributed by atoms with Crippen LogP contribution in [0.5, 0.6) is 0 Å². The fourth-order valence-electron chi connectivity index (χ4n) is 2.00. The highest BCUT2D eigenvalue weighted by molar-refractivity contribution is 9.10. The van der Waals surface area contributed by atoms with Crippen LogP contribution in [0.4, 0.5) is 5.69 Å². The van der Waals surface area contributed by atoms with E-state index in [4.69, 9.17) is 5.73 Å². The Morgan fingerprint density at radius 2 is 2.00 bits per heavy atom. The number of carbonyl (C=O) groups is 1. The molecular formula is C12H16BrNO2. The van der Waals surface area contributed by atoms with Crippen LogP contribution in [-0.4, -0.2) is 11.1 Å². The lowest BCUT2D eigenvalue weighted by Gasteiger charge is -2.28. The third kappa shape index (κ3) is 1.94. The minimum atomic E-state index is -0.881. The van der Waals surface area contributed by atoms with Gasteiger partial charge >= 0.3 is 5.97 Å². The molecule has 0 aliphatic rings. The van der Waals surface area contributed by atoms with E-state index in [0.717, 1.165) is 4.47 Å². The van der Waals surface area contributed by atoms with Crippen molar-refractivity contribution in [3.05, 3.63) is 28.2 Å². The smallest absolute Gasteiger partial charge is 0.314 e. The summed E-state index contributed by atoms with van der Waals surface area (Å²) in [7, 11) is 0. The van der Waals surface area contributed by atoms with Gasteiger partial charge in [-0.05, 0) is 40.4 Å². The van der Waals surface area contributed by atoms with E-state index in [1.807, 2.05) is 26.0 Å². The summed E-state index contributed by atoms with van der Waals surface area (Å²) < 4.78 is 0.748. The van der Waals surface area contributed by atoms with Gasteiger partial charge in [-0.25, -0.2) is 0 Å². The van der Waals surface area contributed by atoms with Crippen LogP contribution < -0.4 is 5.73 Å². The van der Waals surface area contributed by atoms with Gasteiger partial charge in [0.2, 0.25) is 0 Å². The standard InChI is InChI=1S/C12H16BrNO2/c1-3-12(4-2,11(15)16)8-6-5-7-9(13)10(8)14/h5-7H,3-4,14H2,1-2H3,(H,15,16). The molecule has 0 aliphatic carbocycles. The number of halogens is 1. The average Bonchev–Trinajstić information content (AvgIpc) is 2.26. The summed E-state index contributed by atoms with van der Waals surface area (Å²) in [6.45, 7) is 3.75. The molecule has 0 radical (unpaired) electrons. The lowest BCUT2D eigenvalue weighted by Crippen LogP contribution is -2.35. The number of para-hydroxylation sites is 1. The van der Waals surface area contributed by atoms with Gasteiger partial charge in [-0.3, -0.25) is 4.79 Å². The van der Waals surface area contributed by atoms with Crippen LogP contribution >= 0.6 is 15.9 Å². The van der Waals surface area contributed by atoms with E-state index in [0.29, 0.717) is 24.1 Å². The molecule has 0 spiro atoms. The second-order valence-electron chi connectivity index (χ2n) is 3.80. The molecule has 0 aliphatic heterocycles. The molecule has 0 fully saturated rings. The lowest BCUT2D eigenvalue weighted by atomic mass is 9.75. The van der Waals surface area contributed by atoms with Crippen molar-refractivity contribution in [1.82, 2.24) is 0 Å². The quantitative estimate of drug-likeness (QED) is 0.836. The van der Waals surface area contributed by atoms with Gasteiger partial charge in [-0.2, -0.15) is 0 Å². The van der Waals surface area contributed by atoms with Gasteiger partial charge in [-0.1, -0.05) is 26.0 Å². The predicted molar refractivity (Wildman–Crippen MR) is 68.5 cm³/mol. The lowest BCUT2D eigenvalue weighted by molar-refractivity contribution is -0.144. The minimum Gasteiger partial charge on any atom is -0.481 e. The topological polar surface area (TPSA) is 63.3 Å². The SMILES string of the molecule is CCC(CC)(C(=O)O)c1cccc(Br)c1N. The number of hydrogen-bond donors (Lipinski definition) is 2. The zero-order valence-corrected chi connectivity index (χ0v) is 11.0. The first-order valence-electron chi connectivity index (χ1n) is 5.27. The van der Waals surface area contributed by atoms with Crippen LogP contribution in [0.25, 0.3) is 0 Å². The summed E-state index contributed by atoms with van der Waals surface area (Å²) >= 11 is 3.33. The molecule has 0 heterocycles. The van der Waals surface area contributed by atoms with Gasteiger partial charge in [0.1, 0.15) is 0 Å². The van der Waals surface area contributed by atoms with Crippen LogP contribution in [0.1, 0.15) is 32.3 Å². The zero-order valence-electron chi connectivity index (χ0n) is 9.46. The Labute approximate surface area is 104 Å². The number of aliphatic carboxylic acids is 1. The second kappa shape index (κ2) is 4.87. The molecule has 0 bridgehead atoms. The van der Waals surface area contributed by atoms with E-state index in [-0.39, 0.29) is 0 Å². The van der Waals surface area contributed by atoms with Crippen molar-refractivity contribution in [3.8, 4) is 0 Å². The number of hydrogen-bond acceptors (Lipinski definition) is 2. The van der Waals surface area contributed by atoms with Crippen molar-refractivity contribution >= 4 is 27.6 Å². The number of rotatable bonds is 4. The Kier molecular flexibility index (Phi) is 3.97. The van der Waals surface area contributed by atoms with E-state index in [9.17, 15) is 9.90 Å². The molecule has 0 unspecified atom stereocenters. The summed E-state index contributed by atoms with van der Waals surface area (Å²) in [5, 5.41) is 9.42. The third-order valence-corrected chi connectivity index (χ3v) is 3.88. The molecule has 1 rings (SSSR count). The Morgan fingerprint density at radius 1 is 1.44 bits per heavy atom. The summed E-state index contributed by atoms with van der Waals surface area (Å²) in [6.07, 6.45) is 1.05. The zero-order chi connectivity index (χ0) is 12.3. The molecule has 0 saturated carbocycles. The number of carboxylic acid groups (broad SMARTS) is 1. The number of benzene rings is 1. The number of nitrogens with two attached hydrogens (primary N) is 1. The maximum atomic E-state index is 11.5. The van der Waals surface area contributed by atoms with E-state index >= 15 is 0 Å². The molecule has 0 amide bonds. The third-order valence-electron chi connectivity index (χ3n) is 3.18. The van der Waals surface area contributed by atoms with Crippen LogP contribution in [0.2, 0.25) is 0 Å². The van der Waals surface area contributed by atoms with Crippen LogP contribution in [0.3, 0.4) is 0 Å². The first-order valence-corrected chi connectivity index (χ1v) is 6.06. The largest absolute Gasteiger partial charge is 0.481 e. The Bertz CT molecular complexity index is 400. The fraction of sp³-hybridized carbons (Fsp3) is 0.417. The van der Waals surface area contributed by atoms with E-state index in [1.165, 1.54) is 0 Å². The highest BCUT2D eigenvalue weighted by Gasteiger charge is 2.38. The van der Waals surface area contributed by atoms with Gasteiger partial charge in [-0.15, -0.1) is 0 Å². The molecule has 3 N–H and O–H groups in total. The highest BCUT2D eigenvalue weighted by Crippen LogP contribution is 2.38. The predicted octanol–water partition coefficient (Wildman–Crippen LogP) is 3.17. The van der Waals surface area contributed by atoms with Crippen molar-refractivity contribution in [2.75, 3.05) is 5.73 Å². The van der Waals surface area contributed by atoms with Crippen molar-refractivity contribution in [1.29, 1.82) is 0 Å². The van der Waals surface area contributed by atoms with Gasteiger partial charge in [0.25, 0.3) is 0 Å². The molecular weight excluding hydrogens is 270 g/mol. The Balaban J connectivity index is 3.43. The monoisotopic (exact) mass is 285 g/mol. The highest BCUT2D eigenvalue weighted by atomic mass is 79.9. The number of anilines is 1. The first-order chi connectivity index (χ1) is 7.49. The van der Waals surface area contributed by atoms with Crippen molar-refractivity contribution < 1.29 is 9.90 Å². The molecule has 3 nitrogen and oxygen atoms in total. The summed E-state index contributed by atoms with van der Waals surface area (Å²) in [6, 6.07) is 5.43. The van der Waals surface area contributed by atoms with Crippen molar-refractivity contribution in [2.24, 2.45) is 0 Å². The van der Waals surface area contributed by atoms with Crippen molar-refractivity contribution in [3.63, 3.8) is 0 Å². The van der Waals surface area contributed by atoms with Gasteiger partial charge < -0.3 is 10.8 Å². The van der Waals surface area contributed by atoms with Crippen LogP contribution in [-0.2, 0) is 10.2 Å². The van der Waals surface area contributed by atoms with E-state index in [1.54, 1.807) is 6.07 Å². The summed E-state index contributed by atoms with van der Waals surface area (Å²) in [5.74, 6) is -0.817. The second-order valence-corrected chi connectivity index (χ2v) is 4.65. The molecule has 88 valence electrons. The minimum absolute atomic E-state index is 0.522. The molecule has 1 aromatic carbocycles. The molecule has 0 saturated heterocycles. The molecule has 0 aromatic heterocycles. The first kappa shape index (κ1) is 13.0. The average molecular weight is 286 g/mol. The molecule has 16 heavy (non-hydrogen) atoms. The molecule has 1 aromatic rings. The van der Waals surface area contributed by atoms with Crippen molar-refractivity contribution in [2.45, 2.75) is 32.1 Å².